The monoisotopic (exact) mass is 239 g/mol. The van der Waals surface area contributed by atoms with Gasteiger partial charge in [0, 0.05) is 19.6 Å². The van der Waals surface area contributed by atoms with Crippen LogP contribution < -0.4 is 5.73 Å². The maximum Gasteiger partial charge on any atom is 0.191 e. The first-order valence-corrected chi connectivity index (χ1v) is 7.39. The van der Waals surface area contributed by atoms with Crippen molar-refractivity contribution >= 4 is 5.96 Å². The molecule has 1 aliphatic heterocycles. The number of hydrogen-bond acceptors (Lipinski definition) is 1. The first kappa shape index (κ1) is 14.3. The molecule has 0 bridgehead atoms. The minimum Gasteiger partial charge on any atom is -0.370 e. The Morgan fingerprint density at radius 2 is 1.65 bits per heavy atom. The molecule has 0 saturated carbocycles. The second-order valence-corrected chi connectivity index (χ2v) is 5.06. The van der Waals surface area contributed by atoms with Crippen molar-refractivity contribution in [3.63, 3.8) is 0 Å². The Morgan fingerprint density at radius 3 is 2.35 bits per heavy atom. The molecule has 0 unspecified atom stereocenters. The Morgan fingerprint density at radius 1 is 1.00 bits per heavy atom. The molecular formula is C14H29N3. The molecule has 1 rings (SSSR count). The first-order valence-electron chi connectivity index (χ1n) is 7.39. The van der Waals surface area contributed by atoms with E-state index in [1.807, 2.05) is 0 Å². The van der Waals surface area contributed by atoms with Crippen molar-refractivity contribution in [2.45, 2.75) is 64.7 Å². The molecule has 0 aromatic carbocycles. The number of guanidine groups is 1. The summed E-state index contributed by atoms with van der Waals surface area (Å²) in [7, 11) is 0. The maximum atomic E-state index is 5.99. The van der Waals surface area contributed by atoms with Crippen molar-refractivity contribution < 1.29 is 0 Å². The molecule has 2 N–H and O–H groups in total. The minimum atomic E-state index is 0.776. The molecule has 0 amide bonds. The molecular weight excluding hydrogens is 210 g/mol. The lowest BCUT2D eigenvalue weighted by Gasteiger charge is -2.27. The lowest BCUT2D eigenvalue weighted by atomic mass is 10.1. The third-order valence-corrected chi connectivity index (χ3v) is 3.47. The summed E-state index contributed by atoms with van der Waals surface area (Å²) in [6.07, 6.45) is 11.8. The van der Waals surface area contributed by atoms with Crippen LogP contribution >= 0.6 is 0 Å². The van der Waals surface area contributed by atoms with E-state index in [0.29, 0.717) is 0 Å². The van der Waals surface area contributed by atoms with E-state index in [1.165, 1.54) is 57.8 Å². The van der Waals surface area contributed by atoms with E-state index in [0.717, 1.165) is 25.6 Å². The highest BCUT2D eigenvalue weighted by molar-refractivity contribution is 5.78. The van der Waals surface area contributed by atoms with E-state index < -0.39 is 0 Å². The Hall–Kier alpha value is -0.730. The van der Waals surface area contributed by atoms with Crippen LogP contribution in [0.25, 0.3) is 0 Å². The fraction of sp³-hybridized carbons (Fsp3) is 0.929. The van der Waals surface area contributed by atoms with E-state index in [4.69, 9.17) is 5.73 Å². The lowest BCUT2D eigenvalue weighted by Crippen LogP contribution is -2.40. The summed E-state index contributed by atoms with van der Waals surface area (Å²) in [5, 5.41) is 0. The molecule has 0 atom stereocenters. The van der Waals surface area contributed by atoms with Crippen molar-refractivity contribution in [3.8, 4) is 0 Å². The third kappa shape index (κ3) is 6.54. The van der Waals surface area contributed by atoms with Crippen LogP contribution in [0.3, 0.4) is 0 Å². The Balaban J connectivity index is 2.02. The number of hydrogen-bond donors (Lipinski definition) is 1. The molecule has 3 nitrogen and oxygen atoms in total. The number of nitrogens with zero attached hydrogens (tertiary/aromatic N) is 2. The van der Waals surface area contributed by atoms with E-state index >= 15 is 0 Å². The number of unbranched alkanes of at least 4 members (excludes halogenated alkanes) is 5. The van der Waals surface area contributed by atoms with E-state index in [1.54, 1.807) is 0 Å². The number of likely N-dealkylation sites (tertiary alicyclic amines) is 1. The molecule has 0 aromatic rings. The molecule has 1 fully saturated rings. The van der Waals surface area contributed by atoms with Gasteiger partial charge >= 0.3 is 0 Å². The topological polar surface area (TPSA) is 41.6 Å². The van der Waals surface area contributed by atoms with Gasteiger partial charge in [-0.3, -0.25) is 4.99 Å². The third-order valence-electron chi connectivity index (χ3n) is 3.47. The van der Waals surface area contributed by atoms with Crippen LogP contribution in [0.4, 0.5) is 0 Å². The normalized spacial score (nSPS) is 17.5. The van der Waals surface area contributed by atoms with Crippen LogP contribution in [0, 0.1) is 0 Å². The van der Waals surface area contributed by atoms with Crippen molar-refractivity contribution in [1.29, 1.82) is 0 Å². The molecule has 100 valence electrons. The Bertz CT molecular complexity index is 208. The molecule has 17 heavy (non-hydrogen) atoms. The van der Waals surface area contributed by atoms with Gasteiger partial charge in [-0.25, -0.2) is 0 Å². The van der Waals surface area contributed by atoms with Gasteiger partial charge in [0.1, 0.15) is 0 Å². The van der Waals surface area contributed by atoms with Gasteiger partial charge in [0.2, 0.25) is 0 Å². The van der Waals surface area contributed by atoms with E-state index in [-0.39, 0.29) is 0 Å². The number of nitrogens with two attached hydrogens (primary N) is 1. The van der Waals surface area contributed by atoms with Crippen LogP contribution in [0.5, 0.6) is 0 Å². The maximum absolute atomic E-state index is 5.99. The predicted molar refractivity (Wildman–Crippen MR) is 75.3 cm³/mol. The summed E-state index contributed by atoms with van der Waals surface area (Å²) in [4.78, 5) is 6.72. The van der Waals surface area contributed by atoms with Crippen molar-refractivity contribution in [2.75, 3.05) is 19.6 Å². The van der Waals surface area contributed by atoms with Crippen molar-refractivity contribution in [2.24, 2.45) is 10.7 Å². The van der Waals surface area contributed by atoms with Gasteiger partial charge < -0.3 is 10.6 Å². The van der Waals surface area contributed by atoms with Gasteiger partial charge in [0.15, 0.2) is 5.96 Å². The molecule has 3 heteroatoms. The SMILES string of the molecule is CCCCCCCCN=C(N)N1CCCCC1. The van der Waals surface area contributed by atoms with Gasteiger partial charge in [-0.15, -0.1) is 0 Å². The van der Waals surface area contributed by atoms with Gasteiger partial charge in [-0.1, -0.05) is 39.0 Å². The Kier molecular flexibility index (Phi) is 7.85. The lowest BCUT2D eigenvalue weighted by molar-refractivity contribution is 0.338. The van der Waals surface area contributed by atoms with Crippen molar-refractivity contribution in [3.05, 3.63) is 0 Å². The van der Waals surface area contributed by atoms with Gasteiger partial charge in [0.25, 0.3) is 0 Å². The average molecular weight is 239 g/mol. The highest BCUT2D eigenvalue weighted by Gasteiger charge is 2.11. The van der Waals surface area contributed by atoms with Crippen LogP contribution in [0.2, 0.25) is 0 Å². The van der Waals surface area contributed by atoms with E-state index in [9.17, 15) is 0 Å². The fourth-order valence-electron chi connectivity index (χ4n) is 2.31. The molecule has 0 radical (unpaired) electrons. The number of aliphatic imine (C=N–C) groups is 1. The second kappa shape index (κ2) is 9.32. The summed E-state index contributed by atoms with van der Waals surface area (Å²) in [5.41, 5.74) is 5.99. The first-order chi connectivity index (χ1) is 8.34. The molecule has 1 aliphatic rings. The van der Waals surface area contributed by atoms with E-state index in [2.05, 4.69) is 16.8 Å². The summed E-state index contributed by atoms with van der Waals surface area (Å²) in [5.74, 6) is 0.776. The van der Waals surface area contributed by atoms with Gasteiger partial charge in [0.05, 0.1) is 0 Å². The van der Waals surface area contributed by atoms with Crippen LogP contribution in [0.15, 0.2) is 4.99 Å². The standard InChI is InChI=1S/C14H29N3/c1-2-3-4-5-6-8-11-16-14(15)17-12-9-7-10-13-17/h2-13H2,1H3,(H2,15,16). The molecule has 0 aliphatic carbocycles. The Labute approximate surface area is 106 Å². The zero-order valence-corrected chi connectivity index (χ0v) is 11.5. The molecule has 1 saturated heterocycles. The minimum absolute atomic E-state index is 0.776. The fourth-order valence-corrected chi connectivity index (χ4v) is 2.31. The average Bonchev–Trinajstić information content (AvgIpc) is 2.38. The number of rotatable bonds is 7. The van der Waals surface area contributed by atoms with Crippen molar-refractivity contribution in [1.82, 2.24) is 4.90 Å². The second-order valence-electron chi connectivity index (χ2n) is 5.06. The van der Waals surface area contributed by atoms with Gasteiger partial charge in [-0.05, 0) is 25.7 Å². The highest BCUT2D eigenvalue weighted by Crippen LogP contribution is 2.08. The molecule has 0 aromatic heterocycles. The summed E-state index contributed by atoms with van der Waals surface area (Å²) in [6, 6.07) is 0. The largest absolute Gasteiger partial charge is 0.370 e. The van der Waals surface area contributed by atoms with Crippen LogP contribution in [0.1, 0.15) is 64.7 Å². The zero-order chi connectivity index (χ0) is 12.3. The summed E-state index contributed by atoms with van der Waals surface area (Å²) in [6.45, 7) is 5.37. The molecule has 1 heterocycles. The highest BCUT2D eigenvalue weighted by atomic mass is 15.2. The number of piperidine rings is 1. The molecule has 0 spiro atoms. The zero-order valence-electron chi connectivity index (χ0n) is 11.5. The van der Waals surface area contributed by atoms with Gasteiger partial charge in [-0.2, -0.15) is 0 Å². The van der Waals surface area contributed by atoms with Crippen LogP contribution in [-0.2, 0) is 0 Å². The smallest absolute Gasteiger partial charge is 0.191 e. The summed E-state index contributed by atoms with van der Waals surface area (Å²) >= 11 is 0. The predicted octanol–water partition coefficient (Wildman–Crippen LogP) is 3.15. The quantitative estimate of drug-likeness (QED) is 0.421. The summed E-state index contributed by atoms with van der Waals surface area (Å²) < 4.78 is 0. The van der Waals surface area contributed by atoms with Crippen LogP contribution in [-0.4, -0.2) is 30.5 Å².